The van der Waals surface area contributed by atoms with Gasteiger partial charge in [0.05, 0.1) is 18.8 Å². The van der Waals surface area contributed by atoms with Gasteiger partial charge in [0, 0.05) is 5.56 Å². The Labute approximate surface area is 147 Å². The fraction of sp³-hybridized carbons (Fsp3) is 0.167. The second-order valence-electron chi connectivity index (χ2n) is 5.52. The number of benzene rings is 2. The van der Waals surface area contributed by atoms with Gasteiger partial charge >= 0.3 is 6.18 Å². The van der Waals surface area contributed by atoms with E-state index in [-0.39, 0.29) is 18.9 Å². The molecule has 1 heterocycles. The van der Waals surface area contributed by atoms with Gasteiger partial charge in [0.25, 0.3) is 0 Å². The van der Waals surface area contributed by atoms with Crippen molar-refractivity contribution in [2.24, 2.45) is 0 Å². The summed E-state index contributed by atoms with van der Waals surface area (Å²) in [6.45, 7) is 0.269. The Kier molecular flexibility index (Phi) is 5.00. The molecule has 3 aromatic rings. The molecule has 3 rings (SSSR count). The van der Waals surface area contributed by atoms with Gasteiger partial charge in [0.15, 0.2) is 5.69 Å². The Morgan fingerprint density at radius 3 is 2.38 bits per heavy atom. The standard InChI is InChI=1S/C18H13F3N4O/c19-18(20,21)15-6-2-4-13(8-15)11-26-10-12-3-1-5-14(7-12)17-16(9-22)23-25-24-17/h1-8H,10-11H2,(H,23,24,25). The van der Waals surface area contributed by atoms with E-state index in [1.165, 1.54) is 6.07 Å². The lowest BCUT2D eigenvalue weighted by atomic mass is 10.1. The molecule has 5 nitrogen and oxygen atoms in total. The van der Waals surface area contributed by atoms with Gasteiger partial charge in [0.2, 0.25) is 0 Å². The van der Waals surface area contributed by atoms with E-state index in [0.717, 1.165) is 17.7 Å². The van der Waals surface area contributed by atoms with E-state index in [1.54, 1.807) is 24.3 Å². The maximum absolute atomic E-state index is 12.7. The molecular formula is C18H13F3N4O. The molecule has 0 aliphatic heterocycles. The Balaban J connectivity index is 1.66. The Morgan fingerprint density at radius 2 is 1.69 bits per heavy atom. The van der Waals surface area contributed by atoms with Crippen LogP contribution in [0.4, 0.5) is 13.2 Å². The van der Waals surface area contributed by atoms with Crippen molar-refractivity contribution in [2.75, 3.05) is 0 Å². The van der Waals surface area contributed by atoms with E-state index in [1.807, 2.05) is 12.1 Å². The summed E-state index contributed by atoms with van der Waals surface area (Å²) < 4.78 is 43.7. The lowest BCUT2D eigenvalue weighted by Gasteiger charge is -2.09. The number of nitrogens with zero attached hydrogens (tertiary/aromatic N) is 3. The van der Waals surface area contributed by atoms with Crippen LogP contribution in [0.1, 0.15) is 22.4 Å². The first-order valence-corrected chi connectivity index (χ1v) is 7.61. The number of rotatable bonds is 5. The average Bonchev–Trinajstić information content (AvgIpc) is 3.10. The molecule has 8 heteroatoms. The molecule has 0 spiro atoms. The molecule has 132 valence electrons. The van der Waals surface area contributed by atoms with Gasteiger partial charge in [-0.1, -0.05) is 30.3 Å². The minimum absolute atomic E-state index is 0.0571. The third-order valence-corrected chi connectivity index (χ3v) is 3.65. The van der Waals surface area contributed by atoms with Crippen molar-refractivity contribution in [3.63, 3.8) is 0 Å². The van der Waals surface area contributed by atoms with Crippen molar-refractivity contribution in [1.29, 1.82) is 5.26 Å². The topological polar surface area (TPSA) is 74.6 Å². The molecule has 0 saturated carbocycles. The highest BCUT2D eigenvalue weighted by atomic mass is 19.4. The van der Waals surface area contributed by atoms with Crippen LogP contribution in [0.2, 0.25) is 0 Å². The average molecular weight is 358 g/mol. The number of hydrogen-bond donors (Lipinski definition) is 1. The molecule has 0 amide bonds. The highest BCUT2D eigenvalue weighted by molar-refractivity contribution is 5.64. The second-order valence-corrected chi connectivity index (χ2v) is 5.52. The maximum Gasteiger partial charge on any atom is 0.416 e. The first-order valence-electron chi connectivity index (χ1n) is 7.61. The quantitative estimate of drug-likeness (QED) is 0.746. The fourth-order valence-electron chi connectivity index (χ4n) is 2.44. The molecule has 0 unspecified atom stereocenters. The van der Waals surface area contributed by atoms with Gasteiger partial charge < -0.3 is 4.74 Å². The van der Waals surface area contributed by atoms with E-state index in [9.17, 15) is 13.2 Å². The molecule has 0 fully saturated rings. The lowest BCUT2D eigenvalue weighted by Crippen LogP contribution is -2.05. The molecule has 2 aromatic carbocycles. The molecule has 0 bridgehead atoms. The molecule has 0 saturated heterocycles. The number of H-pyrrole nitrogens is 1. The number of nitriles is 1. The molecule has 0 aliphatic carbocycles. The molecule has 0 aliphatic rings. The monoisotopic (exact) mass is 358 g/mol. The first-order chi connectivity index (χ1) is 12.5. The smallest absolute Gasteiger partial charge is 0.372 e. The van der Waals surface area contributed by atoms with Crippen LogP contribution in [0, 0.1) is 11.3 Å². The van der Waals surface area contributed by atoms with Gasteiger partial charge in [-0.25, -0.2) is 0 Å². The van der Waals surface area contributed by atoms with E-state index < -0.39 is 11.7 Å². The molecule has 1 N–H and O–H groups in total. The van der Waals surface area contributed by atoms with Crippen molar-refractivity contribution in [1.82, 2.24) is 15.4 Å². The Hall–Kier alpha value is -3.18. The van der Waals surface area contributed by atoms with Crippen LogP contribution >= 0.6 is 0 Å². The fourth-order valence-corrected chi connectivity index (χ4v) is 2.44. The summed E-state index contributed by atoms with van der Waals surface area (Å²) in [6.07, 6.45) is -4.37. The van der Waals surface area contributed by atoms with Crippen LogP contribution in [-0.2, 0) is 24.1 Å². The van der Waals surface area contributed by atoms with Crippen molar-refractivity contribution >= 4 is 0 Å². The molecule has 1 aromatic heterocycles. The Morgan fingerprint density at radius 1 is 1.00 bits per heavy atom. The summed E-state index contributed by atoms with van der Waals surface area (Å²) in [7, 11) is 0. The van der Waals surface area contributed by atoms with Gasteiger partial charge in [-0.2, -0.15) is 28.7 Å². The summed E-state index contributed by atoms with van der Waals surface area (Å²) in [5.74, 6) is 0. The molecular weight excluding hydrogens is 345 g/mol. The Bertz CT molecular complexity index is 944. The largest absolute Gasteiger partial charge is 0.416 e. The molecule has 0 radical (unpaired) electrons. The van der Waals surface area contributed by atoms with Gasteiger partial charge in [-0.15, -0.1) is 5.10 Å². The normalized spacial score (nSPS) is 11.3. The zero-order valence-electron chi connectivity index (χ0n) is 13.4. The van der Waals surface area contributed by atoms with E-state index in [4.69, 9.17) is 10.00 Å². The summed E-state index contributed by atoms with van der Waals surface area (Å²) in [5, 5.41) is 19.1. The van der Waals surface area contributed by atoms with Crippen molar-refractivity contribution in [3.8, 4) is 17.3 Å². The number of aromatic amines is 1. The van der Waals surface area contributed by atoms with Crippen LogP contribution in [0.3, 0.4) is 0 Å². The zero-order valence-corrected chi connectivity index (χ0v) is 13.4. The second kappa shape index (κ2) is 7.37. The van der Waals surface area contributed by atoms with Crippen molar-refractivity contribution < 1.29 is 17.9 Å². The predicted molar refractivity (Wildman–Crippen MR) is 86.5 cm³/mol. The van der Waals surface area contributed by atoms with Crippen molar-refractivity contribution in [3.05, 3.63) is 70.9 Å². The predicted octanol–water partition coefficient (Wildman–Crippen LogP) is 4.08. The van der Waals surface area contributed by atoms with Gasteiger partial charge in [0.1, 0.15) is 11.8 Å². The zero-order chi connectivity index (χ0) is 18.6. The van der Waals surface area contributed by atoms with Crippen LogP contribution in [0.5, 0.6) is 0 Å². The number of nitrogens with one attached hydrogen (secondary N) is 1. The minimum atomic E-state index is -4.37. The SMILES string of the molecule is N#Cc1n[nH]nc1-c1cccc(COCc2cccc(C(F)(F)F)c2)c1. The summed E-state index contributed by atoms with van der Waals surface area (Å²) >= 11 is 0. The number of aromatic nitrogens is 3. The van der Waals surface area contributed by atoms with Crippen LogP contribution in [0.25, 0.3) is 11.3 Å². The van der Waals surface area contributed by atoms with Crippen LogP contribution < -0.4 is 0 Å². The molecule has 26 heavy (non-hydrogen) atoms. The molecule has 0 atom stereocenters. The third kappa shape index (κ3) is 4.07. The highest BCUT2D eigenvalue weighted by Crippen LogP contribution is 2.29. The van der Waals surface area contributed by atoms with Crippen LogP contribution in [0.15, 0.2) is 48.5 Å². The number of halogens is 3. The summed E-state index contributed by atoms with van der Waals surface area (Å²) in [6, 6.07) is 14.2. The summed E-state index contributed by atoms with van der Waals surface area (Å²) in [5.41, 5.74) is 1.88. The number of hydrogen-bond acceptors (Lipinski definition) is 4. The van der Waals surface area contributed by atoms with Crippen molar-refractivity contribution in [2.45, 2.75) is 19.4 Å². The van der Waals surface area contributed by atoms with E-state index in [0.29, 0.717) is 16.8 Å². The lowest BCUT2D eigenvalue weighted by molar-refractivity contribution is -0.137. The summed E-state index contributed by atoms with van der Waals surface area (Å²) in [4.78, 5) is 0. The van der Waals surface area contributed by atoms with E-state index >= 15 is 0 Å². The number of alkyl halides is 3. The van der Waals surface area contributed by atoms with E-state index in [2.05, 4.69) is 15.4 Å². The highest BCUT2D eigenvalue weighted by Gasteiger charge is 2.30. The van der Waals surface area contributed by atoms with Crippen LogP contribution in [-0.4, -0.2) is 15.4 Å². The first kappa shape index (κ1) is 17.6. The minimum Gasteiger partial charge on any atom is -0.372 e. The number of ether oxygens (including phenoxy) is 1. The third-order valence-electron chi connectivity index (χ3n) is 3.65. The maximum atomic E-state index is 12.7. The van der Waals surface area contributed by atoms with Gasteiger partial charge in [-0.3, -0.25) is 0 Å². The van der Waals surface area contributed by atoms with Gasteiger partial charge in [-0.05, 0) is 29.3 Å².